The highest BCUT2D eigenvalue weighted by molar-refractivity contribution is 7.09. The number of hydrogen-bond acceptors (Lipinski definition) is 2. The van der Waals surface area contributed by atoms with E-state index in [0.717, 1.165) is 10.4 Å². The van der Waals surface area contributed by atoms with Gasteiger partial charge in [-0.2, -0.15) is 0 Å². The van der Waals surface area contributed by atoms with Gasteiger partial charge >= 0.3 is 0 Å². The highest BCUT2D eigenvalue weighted by Crippen LogP contribution is 2.48. The van der Waals surface area contributed by atoms with Gasteiger partial charge in [-0.05, 0) is 34.9 Å². The van der Waals surface area contributed by atoms with Crippen LogP contribution in [0, 0.1) is 0 Å². The second-order valence-corrected chi connectivity index (χ2v) is 6.22. The lowest BCUT2D eigenvalue weighted by Crippen LogP contribution is -2.35. The number of carbonyl (C=O) groups excluding carboxylic acids is 1. The first kappa shape index (κ1) is 13.4. The van der Waals surface area contributed by atoms with E-state index in [1.807, 2.05) is 29.6 Å². The third-order valence-corrected chi connectivity index (χ3v) is 4.81. The zero-order chi connectivity index (χ0) is 14.2. The summed E-state index contributed by atoms with van der Waals surface area (Å²) in [5, 5.41) is 1.95. The van der Waals surface area contributed by atoms with E-state index < -0.39 is 11.8 Å². The van der Waals surface area contributed by atoms with Crippen LogP contribution in [0.15, 0.2) is 41.8 Å². The van der Waals surface area contributed by atoms with Gasteiger partial charge in [-0.25, -0.2) is 8.78 Å². The molecule has 0 fully saturated rings. The van der Waals surface area contributed by atoms with E-state index in [-0.39, 0.29) is 12.3 Å². The second kappa shape index (κ2) is 5.09. The maximum atomic E-state index is 14.2. The Labute approximate surface area is 120 Å². The first-order valence-corrected chi connectivity index (χ1v) is 7.44. The average molecular weight is 292 g/mol. The Morgan fingerprint density at radius 3 is 2.60 bits per heavy atom. The Morgan fingerprint density at radius 1 is 1.20 bits per heavy atom. The maximum Gasteiger partial charge on any atom is 0.262 e. The van der Waals surface area contributed by atoms with Gasteiger partial charge in [0.1, 0.15) is 12.2 Å². The Balaban J connectivity index is 2.01. The third-order valence-electron chi connectivity index (χ3n) is 3.91. The summed E-state index contributed by atoms with van der Waals surface area (Å²) in [6.45, 7) is 0. The topological polar surface area (TPSA) is 17.1 Å². The van der Waals surface area contributed by atoms with Crippen LogP contribution in [0.2, 0.25) is 0 Å². The van der Waals surface area contributed by atoms with Crippen LogP contribution in [-0.4, -0.2) is 12.2 Å². The number of aldehydes is 1. The molecule has 1 aromatic heterocycles. The molecule has 1 nitrogen and oxygen atoms in total. The van der Waals surface area contributed by atoms with Crippen LogP contribution in [0.5, 0.6) is 0 Å². The van der Waals surface area contributed by atoms with E-state index in [1.54, 1.807) is 23.5 Å². The van der Waals surface area contributed by atoms with E-state index in [4.69, 9.17) is 0 Å². The molecule has 2 unspecified atom stereocenters. The predicted molar refractivity (Wildman–Crippen MR) is 75.6 cm³/mol. The lowest BCUT2D eigenvalue weighted by Gasteiger charge is -2.35. The molecule has 104 valence electrons. The zero-order valence-electron chi connectivity index (χ0n) is 10.8. The minimum atomic E-state index is -2.96. The van der Waals surface area contributed by atoms with Crippen molar-refractivity contribution in [3.05, 3.63) is 57.8 Å². The van der Waals surface area contributed by atoms with Gasteiger partial charge in [0.2, 0.25) is 0 Å². The van der Waals surface area contributed by atoms with Crippen molar-refractivity contribution in [3.8, 4) is 0 Å². The van der Waals surface area contributed by atoms with Crippen LogP contribution >= 0.6 is 11.3 Å². The molecule has 0 N–H and O–H groups in total. The number of carbonyl (C=O) groups is 1. The quantitative estimate of drug-likeness (QED) is 0.766. The van der Waals surface area contributed by atoms with Gasteiger partial charge in [0.05, 0.1) is 0 Å². The molecule has 1 aliphatic carbocycles. The highest BCUT2D eigenvalue weighted by Gasteiger charge is 2.47. The summed E-state index contributed by atoms with van der Waals surface area (Å²) in [6, 6.07) is 11.0. The smallest absolute Gasteiger partial charge is 0.262 e. The van der Waals surface area contributed by atoms with Crippen LogP contribution in [-0.2, 0) is 11.2 Å². The van der Waals surface area contributed by atoms with E-state index in [9.17, 15) is 13.6 Å². The van der Waals surface area contributed by atoms with Crippen LogP contribution in [0.3, 0.4) is 0 Å². The third kappa shape index (κ3) is 2.29. The summed E-state index contributed by atoms with van der Waals surface area (Å²) in [7, 11) is 0. The molecule has 2 atom stereocenters. The lowest BCUT2D eigenvalue weighted by molar-refractivity contribution is -0.120. The first-order valence-electron chi connectivity index (χ1n) is 6.56. The minimum absolute atomic E-state index is 0.226. The molecule has 0 amide bonds. The predicted octanol–water partition coefficient (Wildman–Crippen LogP) is 4.40. The summed E-state index contributed by atoms with van der Waals surface area (Å²) >= 11 is 1.58. The fraction of sp³-hybridized carbons (Fsp3) is 0.312. The minimum Gasteiger partial charge on any atom is -0.302 e. The van der Waals surface area contributed by atoms with Gasteiger partial charge in [-0.15, -0.1) is 11.3 Å². The SMILES string of the molecule is O=CC1c2ccccc2C(Cc2cccs2)CC1(F)F. The second-order valence-electron chi connectivity index (χ2n) is 5.19. The number of rotatable bonds is 3. The summed E-state index contributed by atoms with van der Waals surface area (Å²) < 4.78 is 28.4. The molecule has 0 radical (unpaired) electrons. The molecule has 3 rings (SSSR count). The number of halogens is 2. The standard InChI is InChI=1S/C16H14F2OS/c17-16(18)9-11(8-12-4-3-7-20-12)13-5-1-2-6-14(13)15(16)10-19/h1-7,10-11,15H,8-9H2. The van der Waals surface area contributed by atoms with Crippen molar-refractivity contribution in [2.24, 2.45) is 0 Å². The van der Waals surface area contributed by atoms with Crippen LogP contribution in [0.4, 0.5) is 8.78 Å². The average Bonchev–Trinajstić information content (AvgIpc) is 2.91. The Hall–Kier alpha value is -1.55. The summed E-state index contributed by atoms with van der Waals surface area (Å²) in [5.41, 5.74) is 1.38. The molecule has 0 saturated carbocycles. The van der Waals surface area contributed by atoms with E-state index in [2.05, 4.69) is 0 Å². The largest absolute Gasteiger partial charge is 0.302 e. The highest BCUT2D eigenvalue weighted by atomic mass is 32.1. The first-order chi connectivity index (χ1) is 9.62. The van der Waals surface area contributed by atoms with Crippen molar-refractivity contribution in [2.45, 2.75) is 30.6 Å². The van der Waals surface area contributed by atoms with E-state index in [0.29, 0.717) is 18.3 Å². The lowest BCUT2D eigenvalue weighted by atomic mass is 9.73. The number of thiophene rings is 1. The summed E-state index contributed by atoms with van der Waals surface area (Å²) in [4.78, 5) is 12.2. The van der Waals surface area contributed by atoms with Crippen LogP contribution < -0.4 is 0 Å². The molecule has 20 heavy (non-hydrogen) atoms. The van der Waals surface area contributed by atoms with Gasteiger partial charge in [0.15, 0.2) is 0 Å². The molecule has 2 aromatic rings. The van der Waals surface area contributed by atoms with Crippen molar-refractivity contribution in [3.63, 3.8) is 0 Å². The Morgan fingerprint density at radius 2 is 1.95 bits per heavy atom. The van der Waals surface area contributed by atoms with Crippen molar-refractivity contribution >= 4 is 17.6 Å². The number of fused-ring (bicyclic) bond motifs is 1. The number of benzene rings is 1. The molecule has 1 heterocycles. The van der Waals surface area contributed by atoms with Crippen molar-refractivity contribution < 1.29 is 13.6 Å². The van der Waals surface area contributed by atoms with Gasteiger partial charge in [-0.1, -0.05) is 30.3 Å². The maximum absolute atomic E-state index is 14.2. The fourth-order valence-corrected chi connectivity index (χ4v) is 3.77. The van der Waals surface area contributed by atoms with Crippen LogP contribution in [0.25, 0.3) is 0 Å². The van der Waals surface area contributed by atoms with Gasteiger partial charge < -0.3 is 4.79 Å². The Bertz CT molecular complexity index is 607. The number of hydrogen-bond donors (Lipinski definition) is 0. The zero-order valence-corrected chi connectivity index (χ0v) is 11.6. The monoisotopic (exact) mass is 292 g/mol. The molecule has 4 heteroatoms. The normalized spacial score (nSPS) is 24.1. The van der Waals surface area contributed by atoms with E-state index >= 15 is 0 Å². The van der Waals surface area contributed by atoms with Gasteiger partial charge in [0.25, 0.3) is 5.92 Å². The van der Waals surface area contributed by atoms with Crippen molar-refractivity contribution in [1.29, 1.82) is 0 Å². The summed E-state index contributed by atoms with van der Waals surface area (Å²) in [5.74, 6) is -4.49. The molecule has 0 bridgehead atoms. The van der Waals surface area contributed by atoms with Gasteiger partial charge in [-0.3, -0.25) is 0 Å². The van der Waals surface area contributed by atoms with Crippen molar-refractivity contribution in [2.75, 3.05) is 0 Å². The van der Waals surface area contributed by atoms with Gasteiger partial charge in [0, 0.05) is 11.3 Å². The molecule has 0 spiro atoms. The molecule has 0 saturated heterocycles. The van der Waals surface area contributed by atoms with E-state index in [1.165, 1.54) is 0 Å². The fourth-order valence-electron chi connectivity index (χ4n) is 2.99. The molecular formula is C16H14F2OS. The summed E-state index contributed by atoms with van der Waals surface area (Å²) in [6.07, 6.45) is 0.737. The molecule has 1 aliphatic rings. The van der Waals surface area contributed by atoms with Crippen LogP contribution in [0.1, 0.15) is 34.3 Å². The molecular weight excluding hydrogens is 278 g/mol. The molecule has 1 aromatic carbocycles. The molecule has 0 aliphatic heterocycles. The Kier molecular flexibility index (Phi) is 3.42. The van der Waals surface area contributed by atoms with Crippen molar-refractivity contribution in [1.82, 2.24) is 0 Å². The number of alkyl halides is 2.